The molecule has 0 fully saturated rings. The van der Waals surface area contributed by atoms with Crippen LogP contribution < -0.4 is 22.3 Å². The smallest absolute Gasteiger partial charge is 0.330 e. The zero-order valence-corrected chi connectivity index (χ0v) is 7.56. The Labute approximate surface area is 71.2 Å². The van der Waals surface area contributed by atoms with Crippen molar-refractivity contribution in [1.82, 2.24) is 0 Å². The molecule has 0 unspecified atom stereocenters. The first-order chi connectivity index (χ1) is 4.31. The molecule has 0 aromatic heterocycles. The van der Waals surface area contributed by atoms with Gasteiger partial charge in [0.25, 0.3) is 0 Å². The van der Waals surface area contributed by atoms with Gasteiger partial charge in [0.05, 0.1) is 7.05 Å². The quantitative estimate of drug-likeness (QED) is 0.291. The summed E-state index contributed by atoms with van der Waals surface area (Å²) in [5, 5.41) is 1.94. The van der Waals surface area contributed by atoms with Gasteiger partial charge in [-0.1, -0.05) is 6.58 Å². The lowest BCUT2D eigenvalue weighted by Gasteiger charge is -1.96. The molecule has 10 heavy (non-hydrogen) atoms. The van der Waals surface area contributed by atoms with Crippen LogP contribution in [0, 0.1) is 0 Å². The molecule has 0 saturated heterocycles. The molecule has 60 valence electrons. The molecule has 0 aliphatic heterocycles. The van der Waals surface area contributed by atoms with Crippen LogP contribution in [-0.2, 0) is 9.53 Å². The number of quaternary nitrogens is 1. The molecule has 0 radical (unpaired) electrons. The lowest BCUT2D eigenvalue weighted by molar-refractivity contribution is -0.628. The molecule has 0 amide bonds. The topological polar surface area (TPSA) is 42.9 Å². The maximum Gasteiger partial charge on any atom is 0.330 e. The summed E-state index contributed by atoms with van der Waals surface area (Å²) in [7, 11) is 1.92. The van der Waals surface area contributed by atoms with Crippen molar-refractivity contribution in [3.8, 4) is 0 Å². The van der Waals surface area contributed by atoms with E-state index in [0.717, 1.165) is 12.6 Å². The van der Waals surface area contributed by atoms with E-state index < -0.39 is 0 Å². The number of nitrogens with two attached hydrogens (primary N) is 1. The van der Waals surface area contributed by atoms with Crippen LogP contribution in [0.15, 0.2) is 12.7 Å². The molecule has 0 atom stereocenters. The van der Waals surface area contributed by atoms with Crippen molar-refractivity contribution in [2.24, 2.45) is 0 Å². The number of hydrogen-bond acceptors (Lipinski definition) is 2. The standard InChI is InChI=1S/C6H11NO2.BrH/c1-3-6(8)9-5-4-7-2;/h3,7H,1,4-5H2,2H3;1H. The molecule has 4 heteroatoms. The van der Waals surface area contributed by atoms with Crippen molar-refractivity contribution >= 4 is 5.97 Å². The highest BCUT2D eigenvalue weighted by Crippen LogP contribution is 1.74. The Morgan fingerprint density at radius 2 is 2.40 bits per heavy atom. The van der Waals surface area contributed by atoms with Crippen LogP contribution in [0.4, 0.5) is 0 Å². The van der Waals surface area contributed by atoms with Crippen LogP contribution in [0.1, 0.15) is 0 Å². The number of halogens is 1. The van der Waals surface area contributed by atoms with E-state index in [2.05, 4.69) is 11.3 Å². The summed E-state index contributed by atoms with van der Waals surface area (Å²) >= 11 is 0. The number of carbonyl (C=O) groups is 1. The summed E-state index contributed by atoms with van der Waals surface area (Å²) in [4.78, 5) is 10.3. The number of hydrogen-bond donors (Lipinski definition) is 1. The van der Waals surface area contributed by atoms with Gasteiger partial charge < -0.3 is 27.0 Å². The third kappa shape index (κ3) is 7.65. The maximum absolute atomic E-state index is 10.3. The predicted molar refractivity (Wildman–Crippen MR) is 33.9 cm³/mol. The second-order valence-electron chi connectivity index (χ2n) is 1.57. The van der Waals surface area contributed by atoms with Crippen molar-refractivity contribution in [1.29, 1.82) is 0 Å². The molecule has 0 rings (SSSR count). The zero-order valence-electron chi connectivity index (χ0n) is 5.97. The fourth-order valence-corrected chi connectivity index (χ4v) is 0.336. The average Bonchev–Trinajstić information content (AvgIpc) is 1.89. The third-order valence-electron chi connectivity index (χ3n) is 0.818. The fourth-order valence-electron chi connectivity index (χ4n) is 0.336. The first kappa shape index (κ1) is 12.3. The van der Waals surface area contributed by atoms with Gasteiger partial charge in [-0.25, -0.2) is 4.79 Å². The lowest BCUT2D eigenvalue weighted by Crippen LogP contribution is -3.00. The zero-order chi connectivity index (χ0) is 7.11. The van der Waals surface area contributed by atoms with Crippen molar-refractivity contribution < 1.29 is 31.8 Å². The van der Waals surface area contributed by atoms with Gasteiger partial charge in [-0.3, -0.25) is 0 Å². The minimum absolute atomic E-state index is 0. The largest absolute Gasteiger partial charge is 1.00 e. The Hall–Kier alpha value is -0.350. The third-order valence-corrected chi connectivity index (χ3v) is 0.818. The van der Waals surface area contributed by atoms with Gasteiger partial charge in [0.1, 0.15) is 13.2 Å². The van der Waals surface area contributed by atoms with E-state index in [1.54, 1.807) is 0 Å². The highest BCUT2D eigenvalue weighted by Gasteiger charge is 1.92. The van der Waals surface area contributed by atoms with E-state index in [1.165, 1.54) is 0 Å². The Balaban J connectivity index is 0. The highest BCUT2D eigenvalue weighted by molar-refractivity contribution is 5.81. The molecule has 0 aliphatic carbocycles. The summed E-state index contributed by atoms with van der Waals surface area (Å²) in [5.41, 5.74) is 0. The van der Waals surface area contributed by atoms with Gasteiger partial charge in [-0.05, 0) is 0 Å². The van der Waals surface area contributed by atoms with Crippen LogP contribution in [0.5, 0.6) is 0 Å². The molecule has 0 spiro atoms. The molecule has 0 saturated carbocycles. The van der Waals surface area contributed by atoms with Gasteiger partial charge in [0.15, 0.2) is 0 Å². The van der Waals surface area contributed by atoms with Crippen molar-refractivity contribution in [2.75, 3.05) is 20.2 Å². The van der Waals surface area contributed by atoms with E-state index in [1.807, 2.05) is 12.4 Å². The molecular weight excluding hydrogens is 198 g/mol. The van der Waals surface area contributed by atoms with Crippen molar-refractivity contribution in [3.63, 3.8) is 0 Å². The van der Waals surface area contributed by atoms with E-state index in [-0.39, 0.29) is 23.0 Å². The predicted octanol–water partition coefficient (Wildman–Crippen LogP) is -4.09. The normalized spacial score (nSPS) is 7.70. The van der Waals surface area contributed by atoms with Crippen LogP contribution in [0.25, 0.3) is 0 Å². The molecule has 0 heterocycles. The Bertz CT molecular complexity index is 106. The molecule has 0 aromatic rings. The van der Waals surface area contributed by atoms with E-state index in [9.17, 15) is 4.79 Å². The second-order valence-corrected chi connectivity index (χ2v) is 1.57. The van der Waals surface area contributed by atoms with E-state index >= 15 is 0 Å². The maximum atomic E-state index is 10.3. The van der Waals surface area contributed by atoms with Crippen LogP contribution in [-0.4, -0.2) is 26.2 Å². The summed E-state index contributed by atoms with van der Waals surface area (Å²) < 4.78 is 4.64. The summed E-state index contributed by atoms with van der Waals surface area (Å²) in [6.07, 6.45) is 1.16. The van der Waals surface area contributed by atoms with Gasteiger partial charge in [-0.2, -0.15) is 0 Å². The monoisotopic (exact) mass is 209 g/mol. The van der Waals surface area contributed by atoms with E-state index in [4.69, 9.17) is 0 Å². The number of carbonyl (C=O) groups excluding carboxylic acids is 1. The molecule has 0 aromatic carbocycles. The average molecular weight is 210 g/mol. The first-order valence-corrected chi connectivity index (χ1v) is 2.88. The molecule has 2 N–H and O–H groups in total. The summed E-state index contributed by atoms with van der Waals surface area (Å²) in [5.74, 6) is -0.350. The molecule has 0 aliphatic rings. The van der Waals surface area contributed by atoms with Gasteiger partial charge in [0.2, 0.25) is 0 Å². The van der Waals surface area contributed by atoms with Crippen LogP contribution in [0.2, 0.25) is 0 Å². The molecular formula is C6H12BrNO2. The number of esters is 1. The summed E-state index contributed by atoms with van der Waals surface area (Å²) in [6.45, 7) is 4.52. The second kappa shape index (κ2) is 8.65. The summed E-state index contributed by atoms with van der Waals surface area (Å²) in [6, 6.07) is 0. The fraction of sp³-hybridized carbons (Fsp3) is 0.500. The number of rotatable bonds is 4. The molecule has 3 nitrogen and oxygen atoms in total. The Morgan fingerprint density at radius 1 is 1.80 bits per heavy atom. The first-order valence-electron chi connectivity index (χ1n) is 2.88. The Morgan fingerprint density at radius 3 is 2.80 bits per heavy atom. The Kier molecular flexibility index (Phi) is 10.7. The minimum atomic E-state index is -0.350. The van der Waals surface area contributed by atoms with Gasteiger partial charge in [-0.15, -0.1) is 0 Å². The highest BCUT2D eigenvalue weighted by atomic mass is 79.9. The van der Waals surface area contributed by atoms with Crippen molar-refractivity contribution in [2.45, 2.75) is 0 Å². The lowest BCUT2D eigenvalue weighted by atomic mass is 10.6. The van der Waals surface area contributed by atoms with Crippen LogP contribution in [0.3, 0.4) is 0 Å². The van der Waals surface area contributed by atoms with Gasteiger partial charge in [0, 0.05) is 6.08 Å². The SMILES string of the molecule is C=CC(=O)OCC[NH2+]C.[Br-]. The minimum Gasteiger partial charge on any atom is -1.00 e. The number of ether oxygens (including phenoxy) is 1. The van der Waals surface area contributed by atoms with Crippen LogP contribution >= 0.6 is 0 Å². The number of likely N-dealkylation sites (N-methyl/N-ethyl adjacent to an activating group) is 1. The molecule has 0 bridgehead atoms. The van der Waals surface area contributed by atoms with E-state index in [0.29, 0.717) is 6.61 Å². The van der Waals surface area contributed by atoms with Gasteiger partial charge >= 0.3 is 5.97 Å². The van der Waals surface area contributed by atoms with Crippen molar-refractivity contribution in [3.05, 3.63) is 12.7 Å².